The molecule has 1 saturated heterocycles. The van der Waals surface area contributed by atoms with Crippen LogP contribution in [-0.2, 0) is 14.8 Å². The predicted octanol–water partition coefficient (Wildman–Crippen LogP) is 1.13. The second kappa shape index (κ2) is 6.14. The van der Waals surface area contributed by atoms with Crippen molar-refractivity contribution in [3.05, 3.63) is 17.2 Å². The highest BCUT2D eigenvalue weighted by atomic mass is 32.2. The van der Waals surface area contributed by atoms with Crippen molar-refractivity contribution in [2.24, 2.45) is 0 Å². The summed E-state index contributed by atoms with van der Waals surface area (Å²) in [5, 5.41) is 7.53. The second-order valence-corrected chi connectivity index (χ2v) is 7.81. The Morgan fingerprint density at radius 1 is 1.29 bits per heavy atom. The molecule has 130 valence electrons. The lowest BCUT2D eigenvalue weighted by atomic mass is 10.1. The van der Waals surface area contributed by atoms with E-state index in [4.69, 9.17) is 4.63 Å². The number of benzene rings is 1. The lowest BCUT2D eigenvalue weighted by molar-refractivity contribution is -0.127. The fourth-order valence-electron chi connectivity index (χ4n) is 3.20. The van der Waals surface area contributed by atoms with Gasteiger partial charge in [-0.05, 0) is 41.7 Å². The molecule has 1 aliphatic rings. The number of aryl methyl sites for hydroxylation is 2. The van der Waals surface area contributed by atoms with Crippen LogP contribution in [0.4, 0.5) is 0 Å². The standard InChI is InChI=1S/C15H20N4O4S/c1-4-5-19-8-11(7-12(19)20)18-24(21,22)15-10(3)6-9(2)13-14(15)17-23-16-13/h6,11,18H,4-5,7-8H2,1-3H3. The van der Waals surface area contributed by atoms with E-state index < -0.39 is 16.1 Å². The minimum Gasteiger partial charge on any atom is -0.341 e. The Bertz CT molecular complexity index is 890. The highest BCUT2D eigenvalue weighted by Crippen LogP contribution is 2.27. The normalized spacial score (nSPS) is 18.7. The van der Waals surface area contributed by atoms with E-state index in [1.807, 2.05) is 13.8 Å². The average molecular weight is 352 g/mol. The number of fused-ring (bicyclic) bond motifs is 1. The van der Waals surface area contributed by atoms with Gasteiger partial charge < -0.3 is 4.90 Å². The summed E-state index contributed by atoms with van der Waals surface area (Å²) in [6.07, 6.45) is 1.01. The third-order valence-corrected chi connectivity index (χ3v) is 5.86. The number of rotatable bonds is 5. The van der Waals surface area contributed by atoms with Crippen LogP contribution in [0.1, 0.15) is 30.9 Å². The van der Waals surface area contributed by atoms with Gasteiger partial charge in [-0.1, -0.05) is 13.0 Å². The van der Waals surface area contributed by atoms with Crippen molar-refractivity contribution in [3.8, 4) is 0 Å². The highest BCUT2D eigenvalue weighted by molar-refractivity contribution is 7.89. The van der Waals surface area contributed by atoms with Crippen molar-refractivity contribution >= 4 is 27.0 Å². The van der Waals surface area contributed by atoms with Gasteiger partial charge in [-0.2, -0.15) is 0 Å². The second-order valence-electron chi connectivity index (χ2n) is 6.16. The molecule has 1 amide bonds. The largest absolute Gasteiger partial charge is 0.341 e. The molecule has 9 heteroatoms. The van der Waals surface area contributed by atoms with Crippen LogP contribution in [0.25, 0.3) is 11.0 Å². The molecule has 0 aliphatic carbocycles. The van der Waals surface area contributed by atoms with E-state index in [1.54, 1.807) is 17.9 Å². The molecule has 3 rings (SSSR count). The Labute approximate surface area is 140 Å². The molecule has 1 aliphatic heterocycles. The Hall–Kier alpha value is -2.00. The van der Waals surface area contributed by atoms with Crippen LogP contribution in [0.15, 0.2) is 15.6 Å². The molecule has 0 saturated carbocycles. The van der Waals surface area contributed by atoms with E-state index in [9.17, 15) is 13.2 Å². The molecule has 1 N–H and O–H groups in total. The number of nitrogens with one attached hydrogen (secondary N) is 1. The average Bonchev–Trinajstić information content (AvgIpc) is 3.06. The van der Waals surface area contributed by atoms with Gasteiger partial charge in [0.2, 0.25) is 15.9 Å². The Balaban J connectivity index is 1.92. The molecule has 1 aromatic heterocycles. The maximum Gasteiger partial charge on any atom is 0.243 e. The van der Waals surface area contributed by atoms with Crippen LogP contribution >= 0.6 is 0 Å². The summed E-state index contributed by atoms with van der Waals surface area (Å²) < 4.78 is 33.1. The molecule has 2 heterocycles. The third kappa shape index (κ3) is 2.89. The van der Waals surface area contributed by atoms with Gasteiger partial charge >= 0.3 is 0 Å². The number of carbonyl (C=O) groups is 1. The number of sulfonamides is 1. The molecule has 24 heavy (non-hydrogen) atoms. The van der Waals surface area contributed by atoms with Crippen LogP contribution in [0.3, 0.4) is 0 Å². The van der Waals surface area contributed by atoms with Crippen molar-refractivity contribution in [2.45, 2.75) is 44.6 Å². The first-order chi connectivity index (χ1) is 11.3. The van der Waals surface area contributed by atoms with E-state index in [2.05, 4.69) is 15.0 Å². The maximum atomic E-state index is 12.9. The van der Waals surface area contributed by atoms with E-state index in [0.717, 1.165) is 12.0 Å². The molecular weight excluding hydrogens is 332 g/mol. The number of aromatic nitrogens is 2. The Kier molecular flexibility index (Phi) is 4.31. The van der Waals surface area contributed by atoms with Crippen molar-refractivity contribution in [2.75, 3.05) is 13.1 Å². The minimum atomic E-state index is -3.84. The van der Waals surface area contributed by atoms with Crippen molar-refractivity contribution < 1.29 is 17.8 Å². The van der Waals surface area contributed by atoms with Crippen LogP contribution in [0.2, 0.25) is 0 Å². The summed E-state index contributed by atoms with van der Waals surface area (Å²) in [5.74, 6) is -0.0292. The van der Waals surface area contributed by atoms with E-state index in [0.29, 0.717) is 24.2 Å². The number of likely N-dealkylation sites (tertiary alicyclic amines) is 1. The molecular formula is C15H20N4O4S. The van der Waals surface area contributed by atoms with Crippen molar-refractivity contribution in [1.82, 2.24) is 19.9 Å². The molecule has 0 radical (unpaired) electrons. The molecule has 2 aromatic rings. The van der Waals surface area contributed by atoms with Gasteiger partial charge in [0.1, 0.15) is 10.4 Å². The zero-order chi connectivity index (χ0) is 17.5. The summed E-state index contributed by atoms with van der Waals surface area (Å²) >= 11 is 0. The van der Waals surface area contributed by atoms with Gasteiger partial charge in [0.15, 0.2) is 5.52 Å². The Morgan fingerprint density at radius 3 is 2.71 bits per heavy atom. The number of hydrogen-bond donors (Lipinski definition) is 1. The van der Waals surface area contributed by atoms with E-state index in [1.165, 1.54) is 0 Å². The first-order valence-electron chi connectivity index (χ1n) is 7.86. The van der Waals surface area contributed by atoms with E-state index >= 15 is 0 Å². The molecule has 8 nitrogen and oxygen atoms in total. The number of carbonyl (C=O) groups excluding carboxylic acids is 1. The molecule has 1 atom stereocenters. The minimum absolute atomic E-state index is 0.0292. The van der Waals surface area contributed by atoms with Crippen LogP contribution < -0.4 is 4.72 Å². The molecule has 1 aromatic carbocycles. The molecule has 1 unspecified atom stereocenters. The Morgan fingerprint density at radius 2 is 2.00 bits per heavy atom. The van der Waals surface area contributed by atoms with Gasteiger partial charge in [-0.15, -0.1) is 0 Å². The first-order valence-corrected chi connectivity index (χ1v) is 9.34. The van der Waals surface area contributed by atoms with E-state index in [-0.39, 0.29) is 22.7 Å². The van der Waals surface area contributed by atoms with Crippen LogP contribution in [0.5, 0.6) is 0 Å². The SMILES string of the molecule is CCCN1CC(NS(=O)(=O)c2c(C)cc(C)c3nonc23)CC1=O. The lowest BCUT2D eigenvalue weighted by Crippen LogP contribution is -2.37. The summed E-state index contributed by atoms with van der Waals surface area (Å²) in [6.45, 7) is 6.53. The fourth-order valence-corrected chi connectivity index (χ4v) is 4.78. The first kappa shape index (κ1) is 16.8. The number of hydrogen-bond acceptors (Lipinski definition) is 6. The fraction of sp³-hybridized carbons (Fsp3) is 0.533. The summed E-state index contributed by atoms with van der Waals surface area (Å²) in [7, 11) is -3.84. The maximum absolute atomic E-state index is 12.9. The lowest BCUT2D eigenvalue weighted by Gasteiger charge is -2.17. The number of amides is 1. The zero-order valence-corrected chi connectivity index (χ0v) is 14.7. The van der Waals surface area contributed by atoms with Gasteiger partial charge in [0, 0.05) is 25.6 Å². The topological polar surface area (TPSA) is 105 Å². The smallest absolute Gasteiger partial charge is 0.243 e. The van der Waals surface area contributed by atoms with Crippen LogP contribution in [-0.4, -0.2) is 48.7 Å². The van der Waals surface area contributed by atoms with Crippen molar-refractivity contribution in [1.29, 1.82) is 0 Å². The monoisotopic (exact) mass is 352 g/mol. The highest BCUT2D eigenvalue weighted by Gasteiger charge is 2.34. The summed E-state index contributed by atoms with van der Waals surface area (Å²) in [5.41, 5.74) is 2.01. The molecule has 0 spiro atoms. The van der Waals surface area contributed by atoms with Gasteiger partial charge in [0.25, 0.3) is 0 Å². The van der Waals surface area contributed by atoms with Crippen molar-refractivity contribution in [3.63, 3.8) is 0 Å². The van der Waals surface area contributed by atoms with Gasteiger partial charge in [-0.3, -0.25) is 4.79 Å². The van der Waals surface area contributed by atoms with Gasteiger partial charge in [0.05, 0.1) is 0 Å². The quantitative estimate of drug-likeness (QED) is 0.865. The zero-order valence-electron chi connectivity index (χ0n) is 13.9. The predicted molar refractivity (Wildman–Crippen MR) is 86.9 cm³/mol. The molecule has 0 bridgehead atoms. The summed E-state index contributed by atoms with van der Waals surface area (Å²) in [6, 6.07) is 1.30. The summed E-state index contributed by atoms with van der Waals surface area (Å²) in [4.78, 5) is 13.7. The third-order valence-electron chi connectivity index (χ3n) is 4.17. The van der Waals surface area contributed by atoms with Gasteiger partial charge in [-0.25, -0.2) is 17.8 Å². The molecule has 1 fully saturated rings. The van der Waals surface area contributed by atoms with Crippen LogP contribution in [0, 0.1) is 13.8 Å². The number of nitrogens with zero attached hydrogens (tertiary/aromatic N) is 3.